The van der Waals surface area contributed by atoms with Gasteiger partial charge in [0.05, 0.1) is 18.8 Å². The van der Waals surface area contributed by atoms with E-state index >= 15 is 0 Å². The van der Waals surface area contributed by atoms with Gasteiger partial charge in [0.25, 0.3) is 0 Å². The van der Waals surface area contributed by atoms with Gasteiger partial charge < -0.3 is 23.5 Å². The Morgan fingerprint density at radius 3 is 2.55 bits per heavy atom. The molecule has 2 aromatic rings. The molecule has 5 nitrogen and oxygen atoms in total. The van der Waals surface area contributed by atoms with Crippen LogP contribution in [-0.2, 0) is 25.4 Å². The second-order valence-corrected chi connectivity index (χ2v) is 8.36. The molecule has 0 aliphatic carbocycles. The van der Waals surface area contributed by atoms with Crippen molar-refractivity contribution in [3.8, 4) is 5.75 Å². The third kappa shape index (κ3) is 5.20. The fourth-order valence-electron chi connectivity index (χ4n) is 3.90. The summed E-state index contributed by atoms with van der Waals surface area (Å²) in [6, 6.07) is 16.1. The SMILES string of the molecule is C[C@@H]1CC(C)(C)OB(c2cc(C3OCCCO3)ccc2OCc2ccccc2)O1. The Balaban J connectivity index is 1.62. The van der Waals surface area contributed by atoms with Gasteiger partial charge in [-0.3, -0.25) is 0 Å². The lowest BCUT2D eigenvalue weighted by Gasteiger charge is -2.38. The molecule has 0 bridgehead atoms. The standard InChI is InChI=1S/C23H29BO5/c1-17-15-23(2,3)29-24(28-17)20-14-19(22-25-12-7-13-26-22)10-11-21(20)27-16-18-8-5-4-6-9-18/h4-6,8-11,14,17,22H,7,12-13,15-16H2,1-3H3/t17-/m1/s1. The van der Waals surface area contributed by atoms with Crippen LogP contribution in [0, 0.1) is 0 Å². The first-order valence-corrected chi connectivity index (χ1v) is 10.4. The molecule has 0 unspecified atom stereocenters. The molecule has 2 aliphatic heterocycles. The maximum absolute atomic E-state index is 6.28. The van der Waals surface area contributed by atoms with Crippen molar-refractivity contribution in [3.05, 3.63) is 59.7 Å². The molecule has 6 heteroatoms. The zero-order valence-electron chi connectivity index (χ0n) is 17.4. The van der Waals surface area contributed by atoms with Gasteiger partial charge in [-0.2, -0.15) is 0 Å². The topological polar surface area (TPSA) is 46.2 Å². The highest BCUT2D eigenvalue weighted by Gasteiger charge is 2.40. The second-order valence-electron chi connectivity index (χ2n) is 8.36. The highest BCUT2D eigenvalue weighted by molar-refractivity contribution is 6.62. The van der Waals surface area contributed by atoms with Gasteiger partial charge in [0.15, 0.2) is 6.29 Å². The quantitative estimate of drug-likeness (QED) is 0.715. The van der Waals surface area contributed by atoms with Crippen molar-refractivity contribution < 1.29 is 23.5 Å². The van der Waals surface area contributed by atoms with E-state index in [0.29, 0.717) is 19.8 Å². The van der Waals surface area contributed by atoms with Crippen molar-refractivity contribution in [1.29, 1.82) is 0 Å². The Hall–Kier alpha value is -1.86. The van der Waals surface area contributed by atoms with Crippen LogP contribution in [0.1, 0.15) is 51.0 Å². The second kappa shape index (κ2) is 8.88. The van der Waals surface area contributed by atoms with Gasteiger partial charge in [0.2, 0.25) is 0 Å². The summed E-state index contributed by atoms with van der Waals surface area (Å²) in [5.41, 5.74) is 2.67. The summed E-state index contributed by atoms with van der Waals surface area (Å²) in [6.07, 6.45) is 1.50. The van der Waals surface area contributed by atoms with Crippen LogP contribution in [0.4, 0.5) is 0 Å². The first kappa shape index (κ1) is 20.4. The highest BCUT2D eigenvalue weighted by Crippen LogP contribution is 2.29. The normalized spacial score (nSPS) is 22.4. The molecule has 2 aromatic carbocycles. The molecule has 0 saturated carbocycles. The van der Waals surface area contributed by atoms with Gasteiger partial charge in [0, 0.05) is 17.1 Å². The maximum atomic E-state index is 6.28. The van der Waals surface area contributed by atoms with Gasteiger partial charge >= 0.3 is 7.12 Å². The molecule has 0 amide bonds. The van der Waals surface area contributed by atoms with E-state index in [1.165, 1.54) is 0 Å². The van der Waals surface area contributed by atoms with E-state index in [4.69, 9.17) is 23.5 Å². The first-order valence-electron chi connectivity index (χ1n) is 10.4. The molecule has 154 valence electrons. The van der Waals surface area contributed by atoms with E-state index in [0.717, 1.165) is 35.2 Å². The number of benzene rings is 2. The van der Waals surface area contributed by atoms with Crippen LogP contribution in [0.5, 0.6) is 5.75 Å². The summed E-state index contributed by atoms with van der Waals surface area (Å²) >= 11 is 0. The van der Waals surface area contributed by atoms with Crippen LogP contribution < -0.4 is 10.2 Å². The monoisotopic (exact) mass is 396 g/mol. The molecule has 0 aromatic heterocycles. The summed E-state index contributed by atoms with van der Waals surface area (Å²) in [5.74, 6) is 0.753. The number of hydrogen-bond donors (Lipinski definition) is 0. The maximum Gasteiger partial charge on any atom is 0.498 e. The van der Waals surface area contributed by atoms with E-state index in [9.17, 15) is 0 Å². The van der Waals surface area contributed by atoms with Crippen molar-refractivity contribution in [2.75, 3.05) is 13.2 Å². The molecule has 0 spiro atoms. The van der Waals surface area contributed by atoms with Gasteiger partial charge in [0.1, 0.15) is 12.4 Å². The molecule has 2 fully saturated rings. The van der Waals surface area contributed by atoms with Crippen LogP contribution in [0.2, 0.25) is 0 Å². The predicted octanol–water partition coefficient (Wildman–Crippen LogP) is 4.00. The van der Waals surface area contributed by atoms with Crippen molar-refractivity contribution >= 4 is 12.6 Å². The lowest BCUT2D eigenvalue weighted by Crippen LogP contribution is -2.52. The lowest BCUT2D eigenvalue weighted by atomic mass is 9.73. The Morgan fingerprint density at radius 2 is 1.83 bits per heavy atom. The molecule has 2 saturated heterocycles. The third-order valence-electron chi connectivity index (χ3n) is 5.19. The Bertz CT molecular complexity index is 804. The minimum atomic E-state index is -0.497. The molecule has 0 radical (unpaired) electrons. The zero-order valence-corrected chi connectivity index (χ0v) is 17.4. The Kier molecular flexibility index (Phi) is 6.25. The van der Waals surface area contributed by atoms with E-state index in [-0.39, 0.29) is 18.0 Å². The van der Waals surface area contributed by atoms with Crippen LogP contribution >= 0.6 is 0 Å². The lowest BCUT2D eigenvalue weighted by molar-refractivity contribution is -0.183. The van der Waals surface area contributed by atoms with Crippen molar-refractivity contribution in [2.45, 2.75) is 58.2 Å². The van der Waals surface area contributed by atoms with E-state index in [2.05, 4.69) is 32.9 Å². The largest absolute Gasteiger partial charge is 0.498 e. The summed E-state index contributed by atoms with van der Waals surface area (Å²) in [6.45, 7) is 8.16. The van der Waals surface area contributed by atoms with Crippen molar-refractivity contribution in [1.82, 2.24) is 0 Å². The molecule has 4 rings (SSSR count). The smallest absolute Gasteiger partial charge is 0.489 e. The summed E-state index contributed by atoms with van der Waals surface area (Å²) < 4.78 is 30.2. The fraction of sp³-hybridized carbons (Fsp3) is 0.478. The van der Waals surface area contributed by atoms with Gasteiger partial charge in [-0.05, 0) is 45.2 Å². The van der Waals surface area contributed by atoms with E-state index in [1.54, 1.807) is 0 Å². The Morgan fingerprint density at radius 1 is 1.07 bits per heavy atom. The third-order valence-corrected chi connectivity index (χ3v) is 5.19. The van der Waals surface area contributed by atoms with Crippen molar-refractivity contribution in [3.63, 3.8) is 0 Å². The Labute approximate surface area is 173 Å². The highest BCUT2D eigenvalue weighted by atomic mass is 16.7. The predicted molar refractivity (Wildman–Crippen MR) is 112 cm³/mol. The number of hydrogen-bond acceptors (Lipinski definition) is 5. The molecule has 2 aliphatic rings. The van der Waals surface area contributed by atoms with Crippen molar-refractivity contribution in [2.24, 2.45) is 0 Å². The van der Waals surface area contributed by atoms with E-state index < -0.39 is 7.12 Å². The average Bonchev–Trinajstić information content (AvgIpc) is 2.72. The van der Waals surface area contributed by atoms with Gasteiger partial charge in [-0.1, -0.05) is 42.5 Å². The summed E-state index contributed by atoms with van der Waals surface area (Å²) in [7, 11) is -0.497. The zero-order chi connectivity index (χ0) is 20.3. The minimum Gasteiger partial charge on any atom is -0.489 e. The van der Waals surface area contributed by atoms with Gasteiger partial charge in [-0.25, -0.2) is 0 Å². The van der Waals surface area contributed by atoms with Crippen LogP contribution in [0.25, 0.3) is 0 Å². The summed E-state index contributed by atoms with van der Waals surface area (Å²) in [5, 5.41) is 0. The van der Waals surface area contributed by atoms with Crippen LogP contribution in [0.3, 0.4) is 0 Å². The number of rotatable bonds is 5. The van der Waals surface area contributed by atoms with Crippen LogP contribution in [0.15, 0.2) is 48.5 Å². The summed E-state index contributed by atoms with van der Waals surface area (Å²) in [4.78, 5) is 0. The molecule has 1 atom stereocenters. The fourth-order valence-corrected chi connectivity index (χ4v) is 3.90. The average molecular weight is 396 g/mol. The van der Waals surface area contributed by atoms with Crippen LogP contribution in [-0.4, -0.2) is 32.0 Å². The molecule has 29 heavy (non-hydrogen) atoms. The van der Waals surface area contributed by atoms with Gasteiger partial charge in [-0.15, -0.1) is 0 Å². The molecule has 0 N–H and O–H groups in total. The molecular weight excluding hydrogens is 367 g/mol. The van der Waals surface area contributed by atoms with E-state index in [1.807, 2.05) is 36.4 Å². The number of ether oxygens (including phenoxy) is 3. The molecule has 2 heterocycles. The molecular formula is C23H29BO5. The first-order chi connectivity index (χ1) is 14.0. The minimum absolute atomic E-state index is 0.0940.